The van der Waals surface area contributed by atoms with Crippen LogP contribution in [0.15, 0.2) is 18.2 Å². The average Bonchev–Trinajstić information content (AvgIpc) is 2.82. The number of esters is 1. The van der Waals surface area contributed by atoms with Crippen molar-refractivity contribution in [3.63, 3.8) is 0 Å². The molecule has 0 unspecified atom stereocenters. The van der Waals surface area contributed by atoms with E-state index in [1.165, 1.54) is 6.07 Å². The molecular formula is C13H15N3O4. The molecule has 0 bridgehead atoms. The zero-order chi connectivity index (χ0) is 14.5. The van der Waals surface area contributed by atoms with Gasteiger partial charge in [0.2, 0.25) is 0 Å². The third-order valence-corrected chi connectivity index (χ3v) is 2.83. The van der Waals surface area contributed by atoms with Gasteiger partial charge in [-0.05, 0) is 25.5 Å². The molecule has 2 aromatic rings. The first-order chi connectivity index (χ1) is 9.63. The quantitative estimate of drug-likeness (QED) is 0.803. The van der Waals surface area contributed by atoms with Crippen molar-refractivity contribution in [1.29, 1.82) is 0 Å². The maximum Gasteiger partial charge on any atom is 0.338 e. The molecule has 0 aliphatic heterocycles. The van der Waals surface area contributed by atoms with Crippen LogP contribution in [-0.4, -0.2) is 38.6 Å². The summed E-state index contributed by atoms with van der Waals surface area (Å²) in [5.74, 6) is -1.28. The summed E-state index contributed by atoms with van der Waals surface area (Å²) in [5, 5.41) is 16.9. The minimum atomic E-state index is -1.03. The van der Waals surface area contributed by atoms with Gasteiger partial charge in [0, 0.05) is 13.0 Å². The fraction of sp³-hybridized carbons (Fsp3) is 0.385. The summed E-state index contributed by atoms with van der Waals surface area (Å²) in [7, 11) is 0. The van der Waals surface area contributed by atoms with E-state index in [4.69, 9.17) is 9.84 Å². The van der Waals surface area contributed by atoms with Gasteiger partial charge >= 0.3 is 11.9 Å². The normalized spacial score (nSPS) is 10.7. The van der Waals surface area contributed by atoms with Crippen LogP contribution in [0.4, 0.5) is 0 Å². The highest BCUT2D eigenvalue weighted by Gasteiger charge is 2.13. The fourth-order valence-electron chi connectivity index (χ4n) is 1.94. The van der Waals surface area contributed by atoms with E-state index in [2.05, 4.69) is 10.3 Å². The number of ether oxygens (including phenoxy) is 1. The second kappa shape index (κ2) is 6.14. The first-order valence-electron chi connectivity index (χ1n) is 6.34. The van der Waals surface area contributed by atoms with Gasteiger partial charge in [0.1, 0.15) is 5.52 Å². The van der Waals surface area contributed by atoms with Crippen LogP contribution in [0.3, 0.4) is 0 Å². The Kier molecular flexibility index (Phi) is 4.29. The minimum absolute atomic E-state index is 0.124. The SMILES string of the molecule is CCOC(=O)CCCn1nnc2c(C(=O)O)cccc21. The van der Waals surface area contributed by atoms with E-state index < -0.39 is 5.97 Å². The Bertz CT molecular complexity index is 636. The first kappa shape index (κ1) is 14.0. The summed E-state index contributed by atoms with van der Waals surface area (Å²) in [6.45, 7) is 2.61. The maximum absolute atomic E-state index is 11.2. The number of aryl methyl sites for hydroxylation is 1. The molecule has 0 aliphatic rings. The molecule has 0 atom stereocenters. The lowest BCUT2D eigenvalue weighted by Crippen LogP contribution is -2.07. The Morgan fingerprint density at radius 3 is 2.90 bits per heavy atom. The highest BCUT2D eigenvalue weighted by molar-refractivity contribution is 6.00. The fourth-order valence-corrected chi connectivity index (χ4v) is 1.94. The van der Waals surface area contributed by atoms with Crippen molar-refractivity contribution in [3.8, 4) is 0 Å². The predicted octanol–water partition coefficient (Wildman–Crippen LogP) is 1.47. The molecule has 2 rings (SSSR count). The van der Waals surface area contributed by atoms with Gasteiger partial charge in [0.05, 0.1) is 17.7 Å². The Morgan fingerprint density at radius 1 is 1.40 bits per heavy atom. The van der Waals surface area contributed by atoms with Gasteiger partial charge in [0.15, 0.2) is 0 Å². The lowest BCUT2D eigenvalue weighted by molar-refractivity contribution is -0.143. The molecule has 7 nitrogen and oxygen atoms in total. The molecule has 0 radical (unpaired) electrons. The van der Waals surface area contributed by atoms with E-state index in [1.54, 1.807) is 23.7 Å². The number of rotatable bonds is 6. The number of benzene rings is 1. The van der Waals surface area contributed by atoms with Crippen molar-refractivity contribution < 1.29 is 19.4 Å². The van der Waals surface area contributed by atoms with Gasteiger partial charge in [0.25, 0.3) is 0 Å². The molecule has 106 valence electrons. The number of aromatic nitrogens is 3. The van der Waals surface area contributed by atoms with E-state index in [0.717, 1.165) is 0 Å². The van der Waals surface area contributed by atoms with Crippen LogP contribution in [-0.2, 0) is 16.1 Å². The minimum Gasteiger partial charge on any atom is -0.478 e. The van der Waals surface area contributed by atoms with E-state index >= 15 is 0 Å². The number of hydrogen-bond donors (Lipinski definition) is 1. The summed E-state index contributed by atoms with van der Waals surface area (Å²) < 4.78 is 6.44. The molecule has 0 aliphatic carbocycles. The summed E-state index contributed by atoms with van der Waals surface area (Å²) in [5.41, 5.74) is 1.13. The number of fused-ring (bicyclic) bond motifs is 1. The average molecular weight is 277 g/mol. The number of carbonyl (C=O) groups is 2. The van der Waals surface area contributed by atoms with E-state index in [0.29, 0.717) is 37.0 Å². The standard InChI is InChI=1S/C13H15N3O4/c1-2-20-11(17)7-4-8-16-10-6-3-5-9(13(18)19)12(10)14-15-16/h3,5-6H,2,4,7-8H2,1H3,(H,18,19). The Hall–Kier alpha value is -2.44. The highest BCUT2D eigenvalue weighted by Crippen LogP contribution is 2.16. The van der Waals surface area contributed by atoms with Crippen LogP contribution in [0.1, 0.15) is 30.1 Å². The number of nitrogens with zero attached hydrogens (tertiary/aromatic N) is 3. The second-order valence-electron chi connectivity index (χ2n) is 4.20. The summed E-state index contributed by atoms with van der Waals surface area (Å²) >= 11 is 0. The van der Waals surface area contributed by atoms with Crippen molar-refractivity contribution in [1.82, 2.24) is 15.0 Å². The number of aromatic carboxylic acids is 1. The van der Waals surface area contributed by atoms with Crippen LogP contribution >= 0.6 is 0 Å². The number of hydrogen-bond acceptors (Lipinski definition) is 5. The zero-order valence-electron chi connectivity index (χ0n) is 11.1. The van der Waals surface area contributed by atoms with Gasteiger partial charge in [-0.2, -0.15) is 0 Å². The molecule has 7 heteroatoms. The molecule has 0 fully saturated rings. The summed E-state index contributed by atoms with van der Waals surface area (Å²) in [6.07, 6.45) is 0.863. The van der Waals surface area contributed by atoms with Crippen molar-refractivity contribution >= 4 is 23.0 Å². The van der Waals surface area contributed by atoms with E-state index in [9.17, 15) is 9.59 Å². The highest BCUT2D eigenvalue weighted by atomic mass is 16.5. The Labute approximate surface area is 115 Å². The number of carboxylic acids is 1. The van der Waals surface area contributed by atoms with Crippen LogP contribution in [0.2, 0.25) is 0 Å². The lowest BCUT2D eigenvalue weighted by atomic mass is 10.2. The zero-order valence-corrected chi connectivity index (χ0v) is 11.1. The largest absolute Gasteiger partial charge is 0.478 e. The van der Waals surface area contributed by atoms with Crippen molar-refractivity contribution in [2.24, 2.45) is 0 Å². The molecule has 0 saturated heterocycles. The van der Waals surface area contributed by atoms with E-state index in [1.807, 2.05) is 0 Å². The molecule has 1 aromatic carbocycles. The molecule has 1 heterocycles. The smallest absolute Gasteiger partial charge is 0.338 e. The van der Waals surface area contributed by atoms with Gasteiger partial charge in [-0.15, -0.1) is 5.10 Å². The predicted molar refractivity (Wildman–Crippen MR) is 70.4 cm³/mol. The third kappa shape index (κ3) is 2.93. The van der Waals surface area contributed by atoms with Gasteiger partial charge in [-0.1, -0.05) is 11.3 Å². The van der Waals surface area contributed by atoms with Gasteiger partial charge in [-0.25, -0.2) is 9.48 Å². The Balaban J connectivity index is 2.10. The van der Waals surface area contributed by atoms with Crippen molar-refractivity contribution in [2.45, 2.75) is 26.3 Å². The molecule has 0 amide bonds. The van der Waals surface area contributed by atoms with Crippen LogP contribution in [0.5, 0.6) is 0 Å². The topological polar surface area (TPSA) is 94.3 Å². The number of carboxylic acid groups (broad SMARTS) is 1. The van der Waals surface area contributed by atoms with Crippen molar-refractivity contribution in [2.75, 3.05) is 6.61 Å². The van der Waals surface area contributed by atoms with Gasteiger partial charge < -0.3 is 9.84 Å². The molecule has 20 heavy (non-hydrogen) atoms. The summed E-state index contributed by atoms with van der Waals surface area (Å²) in [6, 6.07) is 4.89. The molecule has 1 aromatic heterocycles. The maximum atomic E-state index is 11.2. The van der Waals surface area contributed by atoms with Gasteiger partial charge in [-0.3, -0.25) is 4.79 Å². The molecular weight excluding hydrogens is 262 g/mol. The monoisotopic (exact) mass is 277 g/mol. The number of carbonyl (C=O) groups excluding carboxylic acids is 1. The van der Waals surface area contributed by atoms with E-state index in [-0.39, 0.29) is 11.5 Å². The van der Waals surface area contributed by atoms with Crippen LogP contribution in [0.25, 0.3) is 11.0 Å². The molecule has 0 spiro atoms. The van der Waals surface area contributed by atoms with Crippen LogP contribution < -0.4 is 0 Å². The van der Waals surface area contributed by atoms with Crippen molar-refractivity contribution in [3.05, 3.63) is 23.8 Å². The molecule has 1 N–H and O–H groups in total. The Morgan fingerprint density at radius 2 is 2.20 bits per heavy atom. The third-order valence-electron chi connectivity index (χ3n) is 2.83. The lowest BCUT2D eigenvalue weighted by Gasteiger charge is -2.03. The first-order valence-corrected chi connectivity index (χ1v) is 6.34. The molecule has 0 saturated carbocycles. The summed E-state index contributed by atoms with van der Waals surface area (Å²) in [4.78, 5) is 22.3. The van der Waals surface area contributed by atoms with Crippen LogP contribution in [0, 0.1) is 0 Å². The second-order valence-corrected chi connectivity index (χ2v) is 4.20.